The van der Waals surface area contributed by atoms with Crippen LogP contribution in [0.5, 0.6) is 0 Å². The topological polar surface area (TPSA) is 41.9 Å². The van der Waals surface area contributed by atoms with Crippen molar-refractivity contribution < 1.29 is 40.4 Å². The van der Waals surface area contributed by atoms with Crippen LogP contribution in [0.3, 0.4) is 0 Å². The van der Waals surface area contributed by atoms with Crippen LogP contribution in [-0.4, -0.2) is 47.3 Å². The van der Waals surface area contributed by atoms with Crippen molar-refractivity contribution in [3.05, 3.63) is 68.7 Å². The Labute approximate surface area is 226 Å². The van der Waals surface area contributed by atoms with Crippen LogP contribution < -0.4 is 0 Å². The maximum atomic E-state index is 15.3. The molecule has 0 spiro atoms. The van der Waals surface area contributed by atoms with Crippen molar-refractivity contribution in [2.45, 2.75) is 30.0 Å². The van der Waals surface area contributed by atoms with E-state index in [1.54, 1.807) is 11.8 Å². The standard InChI is InChI=1S/C24H17Cl2F7N2O2S/c25-17-6-15(5-16(19(17)26)23(28,29)30)22(24(31,32)33)7-18(34-37-22)12-1-3-14(4-2-12)21(27)10-35(11-21)20(36)13-8-38-9-13/h1-6,13H,7-11H2. The molecule has 0 aliphatic carbocycles. The Bertz CT molecular complexity index is 1310. The van der Waals surface area contributed by atoms with Crippen molar-refractivity contribution in [3.63, 3.8) is 0 Å². The highest BCUT2D eigenvalue weighted by Gasteiger charge is 2.63. The first kappa shape index (κ1) is 27.4. The molecule has 1 unspecified atom stereocenters. The molecule has 5 rings (SSSR count). The third-order valence-corrected chi connectivity index (χ3v) is 8.98. The molecule has 204 valence electrons. The number of amides is 1. The molecule has 2 aromatic rings. The molecule has 0 N–H and O–H groups in total. The minimum Gasteiger partial charge on any atom is -0.374 e. The summed E-state index contributed by atoms with van der Waals surface area (Å²) in [6.45, 7) is -0.237. The van der Waals surface area contributed by atoms with E-state index in [1.165, 1.54) is 29.2 Å². The van der Waals surface area contributed by atoms with Gasteiger partial charge in [-0.05, 0) is 23.3 Å². The van der Waals surface area contributed by atoms with Crippen LogP contribution in [0.4, 0.5) is 30.7 Å². The van der Waals surface area contributed by atoms with Crippen LogP contribution in [0.1, 0.15) is 28.7 Å². The zero-order valence-electron chi connectivity index (χ0n) is 19.1. The molecular formula is C24H17Cl2F7N2O2S. The minimum atomic E-state index is -5.18. The van der Waals surface area contributed by atoms with Crippen LogP contribution in [0, 0.1) is 5.92 Å². The average Bonchev–Trinajstić information content (AvgIpc) is 3.24. The number of hydrogen-bond acceptors (Lipinski definition) is 4. The lowest BCUT2D eigenvalue weighted by molar-refractivity contribution is -0.276. The van der Waals surface area contributed by atoms with Crippen LogP contribution >= 0.6 is 35.0 Å². The molecule has 2 fully saturated rings. The zero-order valence-corrected chi connectivity index (χ0v) is 21.4. The summed E-state index contributed by atoms with van der Waals surface area (Å²) >= 11 is 13.0. The molecule has 1 amide bonds. The number of alkyl halides is 7. The van der Waals surface area contributed by atoms with Crippen molar-refractivity contribution in [1.82, 2.24) is 4.90 Å². The largest absolute Gasteiger partial charge is 0.435 e. The van der Waals surface area contributed by atoms with E-state index < -0.39 is 51.2 Å². The molecule has 4 nitrogen and oxygen atoms in total. The molecule has 0 radical (unpaired) electrons. The smallest absolute Gasteiger partial charge is 0.374 e. The average molecular weight is 601 g/mol. The van der Waals surface area contributed by atoms with Gasteiger partial charge < -0.3 is 9.74 Å². The van der Waals surface area contributed by atoms with Crippen LogP contribution in [0.2, 0.25) is 10.0 Å². The van der Waals surface area contributed by atoms with Gasteiger partial charge in [-0.3, -0.25) is 4.79 Å². The quantitative estimate of drug-likeness (QED) is 0.356. The summed E-state index contributed by atoms with van der Waals surface area (Å²) in [5.74, 6) is 1.24. The number of thioether (sulfide) groups is 1. The van der Waals surface area contributed by atoms with Crippen molar-refractivity contribution >= 4 is 46.6 Å². The van der Waals surface area contributed by atoms with Gasteiger partial charge >= 0.3 is 12.4 Å². The Morgan fingerprint density at radius 1 is 1.03 bits per heavy atom. The summed E-state index contributed by atoms with van der Waals surface area (Å²) < 4.78 is 98.4. The maximum absolute atomic E-state index is 15.3. The highest BCUT2D eigenvalue weighted by molar-refractivity contribution is 8.00. The van der Waals surface area contributed by atoms with Gasteiger partial charge in [0.25, 0.3) is 5.60 Å². The van der Waals surface area contributed by atoms with Crippen molar-refractivity contribution in [2.75, 3.05) is 24.6 Å². The SMILES string of the molecule is O=C(C1CSC1)N1CC(F)(c2ccc(C3=NOC(c4cc(Cl)c(Cl)c(C(F)(F)F)c4)(C(F)(F)F)C3)cc2)C1. The predicted molar refractivity (Wildman–Crippen MR) is 128 cm³/mol. The first-order valence-electron chi connectivity index (χ1n) is 11.2. The number of rotatable bonds is 4. The lowest BCUT2D eigenvalue weighted by atomic mass is 9.84. The fourth-order valence-corrected chi connectivity index (χ4v) is 5.77. The van der Waals surface area contributed by atoms with Gasteiger partial charge in [-0.25, -0.2) is 4.39 Å². The van der Waals surface area contributed by atoms with E-state index in [0.717, 1.165) is 0 Å². The molecule has 38 heavy (non-hydrogen) atoms. The van der Waals surface area contributed by atoms with Gasteiger partial charge in [0.2, 0.25) is 5.91 Å². The van der Waals surface area contributed by atoms with Crippen LogP contribution in [0.15, 0.2) is 41.6 Å². The second-order valence-corrected chi connectivity index (χ2v) is 11.3. The maximum Gasteiger partial charge on any atom is 0.435 e. The van der Waals surface area contributed by atoms with E-state index >= 15 is 4.39 Å². The molecule has 3 heterocycles. The molecule has 2 saturated heterocycles. The van der Waals surface area contributed by atoms with E-state index in [1.807, 2.05) is 0 Å². The second kappa shape index (κ2) is 9.19. The lowest BCUT2D eigenvalue weighted by Gasteiger charge is -2.46. The Hall–Kier alpha value is -2.18. The van der Waals surface area contributed by atoms with Gasteiger partial charge in [0, 0.05) is 23.5 Å². The Balaban J connectivity index is 1.37. The zero-order chi connectivity index (χ0) is 27.7. The number of benzene rings is 2. The fourth-order valence-electron chi connectivity index (χ4n) is 4.58. The van der Waals surface area contributed by atoms with Crippen LogP contribution in [0.25, 0.3) is 0 Å². The molecule has 0 aromatic heterocycles. The summed E-state index contributed by atoms with van der Waals surface area (Å²) in [5, 5.41) is 1.88. The first-order valence-corrected chi connectivity index (χ1v) is 13.1. The highest BCUT2D eigenvalue weighted by Crippen LogP contribution is 2.51. The van der Waals surface area contributed by atoms with Gasteiger partial charge in [0.15, 0.2) is 5.67 Å². The molecule has 3 aliphatic heterocycles. The summed E-state index contributed by atoms with van der Waals surface area (Å²) in [6.07, 6.45) is -11.2. The van der Waals surface area contributed by atoms with Gasteiger partial charge in [0.1, 0.15) is 0 Å². The number of hydrogen-bond donors (Lipinski definition) is 0. The summed E-state index contributed by atoms with van der Waals surface area (Å²) in [7, 11) is 0. The van der Waals surface area contributed by atoms with Crippen molar-refractivity contribution in [1.29, 1.82) is 0 Å². The summed E-state index contributed by atoms with van der Waals surface area (Å²) in [5.41, 5.74) is -7.27. The van der Waals surface area contributed by atoms with Gasteiger partial charge in [-0.1, -0.05) is 52.6 Å². The molecule has 1 atom stereocenters. The predicted octanol–water partition coefficient (Wildman–Crippen LogP) is 6.96. The van der Waals surface area contributed by atoms with Crippen molar-refractivity contribution in [2.24, 2.45) is 11.1 Å². The van der Waals surface area contributed by atoms with Crippen molar-refractivity contribution in [3.8, 4) is 0 Å². The molecular weight excluding hydrogens is 584 g/mol. The Kier molecular flexibility index (Phi) is 6.63. The van der Waals surface area contributed by atoms with E-state index in [0.29, 0.717) is 17.6 Å². The molecule has 2 aromatic carbocycles. The monoisotopic (exact) mass is 600 g/mol. The van der Waals surface area contributed by atoms with E-state index in [4.69, 9.17) is 28.0 Å². The third-order valence-electron chi connectivity index (χ3n) is 6.90. The molecule has 0 bridgehead atoms. The summed E-state index contributed by atoms with van der Waals surface area (Å²) in [4.78, 5) is 18.5. The summed E-state index contributed by atoms with van der Waals surface area (Å²) in [6, 6.07) is 6.40. The fraction of sp³-hybridized carbons (Fsp3) is 0.417. The number of carbonyl (C=O) groups is 1. The highest BCUT2D eigenvalue weighted by atomic mass is 35.5. The Morgan fingerprint density at radius 3 is 2.18 bits per heavy atom. The molecule has 14 heteroatoms. The second-order valence-electron chi connectivity index (χ2n) is 9.42. The van der Waals surface area contributed by atoms with E-state index in [-0.39, 0.29) is 47.8 Å². The van der Waals surface area contributed by atoms with Gasteiger partial charge in [-0.15, -0.1) is 0 Å². The normalized spacial score (nSPS) is 23.4. The Morgan fingerprint density at radius 2 is 1.66 bits per heavy atom. The first-order chi connectivity index (χ1) is 17.6. The minimum absolute atomic E-state index is 0.0921. The lowest BCUT2D eigenvalue weighted by Crippen LogP contribution is -2.61. The van der Waals surface area contributed by atoms with Gasteiger partial charge in [-0.2, -0.15) is 38.1 Å². The van der Waals surface area contributed by atoms with Crippen LogP contribution in [-0.2, 0) is 27.1 Å². The number of carbonyl (C=O) groups excluding carboxylic acids is 1. The van der Waals surface area contributed by atoms with E-state index in [2.05, 4.69) is 5.16 Å². The number of nitrogens with zero attached hydrogens (tertiary/aromatic N) is 2. The number of halogens is 9. The number of oxime groups is 1. The van der Waals surface area contributed by atoms with Gasteiger partial charge in [0.05, 0.1) is 40.3 Å². The molecule has 0 saturated carbocycles. The molecule has 3 aliphatic rings. The van der Waals surface area contributed by atoms with E-state index in [9.17, 15) is 31.1 Å². The number of likely N-dealkylation sites (tertiary alicyclic amines) is 1. The third kappa shape index (κ3) is 4.52.